The topological polar surface area (TPSA) is 219 Å². The van der Waals surface area contributed by atoms with E-state index >= 15 is 0 Å². The number of carbonyl (C=O) groups is 3. The van der Waals surface area contributed by atoms with E-state index in [1.807, 2.05) is 0 Å². The van der Waals surface area contributed by atoms with E-state index in [0.717, 1.165) is 0 Å². The maximum atomic E-state index is 12.9. The zero-order valence-corrected chi connectivity index (χ0v) is 19.8. The first-order valence-corrected chi connectivity index (χ1v) is 12.0. The first-order valence-electron chi connectivity index (χ1n) is 10.6. The number of nitrogens with zero attached hydrogens (tertiary/aromatic N) is 5. The molecule has 3 rings (SSSR count). The number of aryl methyl sites for hydroxylation is 1. The van der Waals surface area contributed by atoms with Gasteiger partial charge in [0, 0.05) is 26.1 Å². The van der Waals surface area contributed by atoms with Gasteiger partial charge in [-0.05, 0) is 12.8 Å². The van der Waals surface area contributed by atoms with E-state index in [1.165, 1.54) is 22.8 Å². The summed E-state index contributed by atoms with van der Waals surface area (Å²) in [6.07, 6.45) is 3.37. The number of carboxylic acids is 1. The Bertz CT molecular complexity index is 1120. The Labute approximate surface area is 200 Å². The molecule has 194 valence electrons. The lowest BCUT2D eigenvalue weighted by Gasteiger charge is -2.31. The van der Waals surface area contributed by atoms with Crippen molar-refractivity contribution >= 4 is 34.2 Å². The Hall–Kier alpha value is -3.28. The zero-order chi connectivity index (χ0) is 25.9. The zero-order valence-electron chi connectivity index (χ0n) is 19.0. The quantitative estimate of drug-likeness (QED) is 0.101. The molecule has 3 heterocycles. The molecule has 16 nitrogen and oxygen atoms in total. The average molecular weight is 518 g/mol. The van der Waals surface area contributed by atoms with E-state index < -0.39 is 46.5 Å². The van der Waals surface area contributed by atoms with Crippen molar-refractivity contribution in [3.8, 4) is 0 Å². The average Bonchev–Trinajstić information content (AvgIpc) is 3.28. The summed E-state index contributed by atoms with van der Waals surface area (Å²) in [4.78, 5) is 46.2. The maximum Gasteiger partial charge on any atom is 0.418 e. The van der Waals surface area contributed by atoms with Crippen molar-refractivity contribution in [2.75, 3.05) is 13.6 Å². The fraction of sp³-hybridized carbons (Fsp3) is 0.611. The Morgan fingerprint density at radius 1 is 1.37 bits per heavy atom. The van der Waals surface area contributed by atoms with Crippen LogP contribution in [0.25, 0.3) is 0 Å². The van der Waals surface area contributed by atoms with Gasteiger partial charge in [0.1, 0.15) is 18.1 Å². The molecule has 0 aliphatic carbocycles. The summed E-state index contributed by atoms with van der Waals surface area (Å²) in [5, 5.41) is 13.5. The first kappa shape index (κ1) is 26.3. The van der Waals surface area contributed by atoms with E-state index in [1.54, 1.807) is 7.05 Å². The second-order valence-electron chi connectivity index (χ2n) is 8.02. The van der Waals surface area contributed by atoms with E-state index in [9.17, 15) is 22.8 Å². The fourth-order valence-electron chi connectivity index (χ4n) is 4.02. The predicted molar refractivity (Wildman–Crippen MR) is 117 cm³/mol. The van der Waals surface area contributed by atoms with Crippen LogP contribution in [-0.2, 0) is 36.2 Å². The van der Waals surface area contributed by atoms with Crippen molar-refractivity contribution in [3.05, 3.63) is 17.5 Å². The van der Waals surface area contributed by atoms with Crippen LogP contribution in [-0.4, -0.2) is 81.3 Å². The van der Waals surface area contributed by atoms with E-state index in [4.69, 9.17) is 20.2 Å². The molecule has 2 bridgehead atoms. The molecule has 0 radical (unpaired) electrons. The van der Waals surface area contributed by atoms with Crippen LogP contribution in [0.3, 0.4) is 0 Å². The number of nitrogens with two attached hydrogens (primary N) is 1. The number of amides is 2. The molecule has 35 heavy (non-hydrogen) atoms. The minimum Gasteiger partial charge on any atom is -0.480 e. The predicted octanol–water partition coefficient (Wildman–Crippen LogP) is -0.574. The number of rotatable bonds is 10. The maximum absolute atomic E-state index is 12.9. The minimum atomic E-state index is -4.96. The molecule has 1 aromatic heterocycles. The second kappa shape index (κ2) is 10.5. The molecule has 1 fully saturated rings. The van der Waals surface area contributed by atoms with E-state index in [2.05, 4.69) is 19.9 Å². The Morgan fingerprint density at radius 3 is 2.71 bits per heavy atom. The van der Waals surface area contributed by atoms with Crippen LogP contribution >= 0.6 is 0 Å². The number of aliphatic carboxylic acids is 1. The minimum absolute atomic E-state index is 0.00480. The van der Waals surface area contributed by atoms with Gasteiger partial charge in [0.2, 0.25) is 0 Å². The van der Waals surface area contributed by atoms with Gasteiger partial charge in [-0.3, -0.25) is 19.0 Å². The number of hydrogen-bond donors (Lipinski definition) is 4. The number of urea groups is 1. The third-order valence-electron chi connectivity index (χ3n) is 5.69. The van der Waals surface area contributed by atoms with Gasteiger partial charge in [0.15, 0.2) is 5.84 Å². The molecule has 2 aliphatic rings. The number of nitrogens with one attached hydrogen (secondary N) is 1. The highest BCUT2D eigenvalue weighted by Crippen LogP contribution is 2.44. The van der Waals surface area contributed by atoms with Gasteiger partial charge < -0.3 is 20.6 Å². The Kier molecular flexibility index (Phi) is 7.93. The number of hydrogen-bond acceptors (Lipinski definition) is 10. The molecule has 2 aliphatic heterocycles. The summed E-state index contributed by atoms with van der Waals surface area (Å²) in [5.74, 6) is -1.59. The van der Waals surface area contributed by atoms with Crippen LogP contribution in [0.2, 0.25) is 0 Å². The molecular formula is C18H27N7O9S. The Morgan fingerprint density at radius 2 is 2.09 bits per heavy atom. The van der Waals surface area contributed by atoms with Crippen LogP contribution in [0.15, 0.2) is 11.2 Å². The summed E-state index contributed by atoms with van der Waals surface area (Å²) in [7, 11) is -1.93. The lowest BCUT2D eigenvalue weighted by molar-refractivity contribution is -0.148. The third-order valence-corrected chi connectivity index (χ3v) is 6.04. The number of hydroxylamine groups is 3. The number of unbranched alkanes of at least 4 members (excludes halogenated alkanes) is 2. The van der Waals surface area contributed by atoms with Gasteiger partial charge >= 0.3 is 28.4 Å². The van der Waals surface area contributed by atoms with E-state index in [-0.39, 0.29) is 18.8 Å². The number of aromatic nitrogens is 2. The molecule has 5 N–H and O–H groups in total. The normalized spacial score (nSPS) is 20.6. The van der Waals surface area contributed by atoms with Crippen LogP contribution in [0.4, 0.5) is 4.79 Å². The van der Waals surface area contributed by atoms with Crippen LogP contribution in [0.1, 0.15) is 55.4 Å². The second-order valence-corrected chi connectivity index (χ2v) is 9.02. The van der Waals surface area contributed by atoms with Gasteiger partial charge in [0.25, 0.3) is 0 Å². The molecule has 3 atom stereocenters. The Balaban J connectivity index is 1.64. The summed E-state index contributed by atoms with van der Waals surface area (Å²) in [5.41, 5.74) is 8.86. The summed E-state index contributed by atoms with van der Waals surface area (Å²) < 4.78 is 37.5. The molecule has 0 spiro atoms. The van der Waals surface area contributed by atoms with Crippen LogP contribution in [0.5, 0.6) is 0 Å². The summed E-state index contributed by atoms with van der Waals surface area (Å²) in [6, 6.07) is -3.54. The standard InChI is InChI=1S/C18H27N7O9S/c1-20-16(22-33-13(26)7-5-3-4-6-11(19)17(27)28)15-14-10(8-21-23(14)2)12-9-24(15)18(29)25(12)34-35(30,31)32/h8,11-12,15H,3-7,9,19H2,1-2H3,(H,20,22)(H,27,28)(H,30,31,32)/t11-,12-,15-/m0/s1. The molecule has 0 aromatic carbocycles. The smallest absolute Gasteiger partial charge is 0.418 e. The number of carboxylic acid groups (broad SMARTS) is 1. The third kappa shape index (κ3) is 5.87. The van der Waals surface area contributed by atoms with Gasteiger partial charge in [0.05, 0.1) is 18.4 Å². The van der Waals surface area contributed by atoms with Gasteiger partial charge in [-0.2, -0.15) is 18.6 Å². The van der Waals surface area contributed by atoms with Gasteiger partial charge in [-0.15, -0.1) is 4.28 Å². The van der Waals surface area contributed by atoms with Crippen molar-refractivity contribution in [2.24, 2.45) is 17.8 Å². The first-order chi connectivity index (χ1) is 16.4. The van der Waals surface area contributed by atoms with Gasteiger partial charge in [-0.1, -0.05) is 12.8 Å². The van der Waals surface area contributed by atoms with Crippen LogP contribution in [0, 0.1) is 0 Å². The molecular weight excluding hydrogens is 490 g/mol. The number of aliphatic imine (C=N–C) groups is 1. The van der Waals surface area contributed by atoms with Crippen molar-refractivity contribution in [1.82, 2.24) is 25.2 Å². The number of carbonyl (C=O) groups excluding carboxylic acids is 2. The van der Waals surface area contributed by atoms with Crippen molar-refractivity contribution in [2.45, 2.75) is 50.2 Å². The number of fused-ring (bicyclic) bond motifs is 4. The molecule has 2 amide bonds. The molecule has 0 unspecified atom stereocenters. The molecule has 0 saturated carbocycles. The van der Waals surface area contributed by atoms with Gasteiger partial charge in [-0.25, -0.2) is 15.1 Å². The largest absolute Gasteiger partial charge is 0.480 e. The monoisotopic (exact) mass is 517 g/mol. The van der Waals surface area contributed by atoms with Crippen molar-refractivity contribution < 1.29 is 41.6 Å². The van der Waals surface area contributed by atoms with Crippen molar-refractivity contribution in [3.63, 3.8) is 0 Å². The molecule has 17 heteroatoms. The highest BCUT2D eigenvalue weighted by atomic mass is 32.3. The highest BCUT2D eigenvalue weighted by molar-refractivity contribution is 7.80. The summed E-state index contributed by atoms with van der Waals surface area (Å²) >= 11 is 0. The SMILES string of the molecule is CN=C(NOC(=O)CCCCC[C@H](N)C(=O)O)[C@@H]1c2c(cnn2C)[C@@H]2CN1C(=O)N2OS(=O)(=O)O. The molecule has 1 aromatic rings. The summed E-state index contributed by atoms with van der Waals surface area (Å²) in [6.45, 7) is 0.00480. The number of amidine groups is 1. The van der Waals surface area contributed by atoms with Crippen LogP contribution < -0.4 is 11.2 Å². The van der Waals surface area contributed by atoms with Crippen molar-refractivity contribution in [1.29, 1.82) is 0 Å². The highest BCUT2D eigenvalue weighted by Gasteiger charge is 2.53. The fourth-order valence-corrected chi connectivity index (χ4v) is 4.39. The van der Waals surface area contributed by atoms with E-state index in [0.29, 0.717) is 42.0 Å². The lowest BCUT2D eigenvalue weighted by Crippen LogP contribution is -2.45. The molecule has 1 saturated heterocycles. The lowest BCUT2D eigenvalue weighted by atomic mass is 9.97.